The van der Waals surface area contributed by atoms with E-state index >= 15 is 0 Å². The van der Waals surface area contributed by atoms with Crippen molar-refractivity contribution in [1.82, 2.24) is 5.32 Å². The van der Waals surface area contributed by atoms with Crippen LogP contribution in [0.15, 0.2) is 0 Å². The van der Waals surface area contributed by atoms with E-state index in [0.29, 0.717) is 19.4 Å². The van der Waals surface area contributed by atoms with Crippen molar-refractivity contribution >= 4 is 5.97 Å². The third-order valence-electron chi connectivity index (χ3n) is 2.15. The summed E-state index contributed by atoms with van der Waals surface area (Å²) in [5, 5.41) is 11.7. The summed E-state index contributed by atoms with van der Waals surface area (Å²) in [6, 6.07) is 0. The third-order valence-corrected chi connectivity index (χ3v) is 2.15. The van der Waals surface area contributed by atoms with Crippen molar-refractivity contribution in [2.45, 2.75) is 18.9 Å². The number of nitrogens with one attached hydrogen (secondary N) is 1. The molecule has 70 valence electrons. The van der Waals surface area contributed by atoms with Crippen LogP contribution in [-0.2, 0) is 9.53 Å². The second-order valence-corrected chi connectivity index (χ2v) is 3.11. The molecule has 2 atom stereocenters. The molecule has 0 radical (unpaired) electrons. The number of rotatable bonds is 3. The van der Waals surface area contributed by atoms with E-state index in [9.17, 15) is 4.79 Å². The number of carbonyl (C=O) groups is 1. The Balaban J connectivity index is 2.35. The highest BCUT2D eigenvalue weighted by Crippen LogP contribution is 2.19. The molecule has 2 unspecified atom stereocenters. The molecule has 0 saturated carbocycles. The Kier molecular flexibility index (Phi) is 3.49. The fourth-order valence-corrected chi connectivity index (χ4v) is 1.47. The SMILES string of the molecule is CNCC1CC(C(=O)O)CCO1. The summed E-state index contributed by atoms with van der Waals surface area (Å²) >= 11 is 0. The summed E-state index contributed by atoms with van der Waals surface area (Å²) in [5.41, 5.74) is 0. The molecule has 1 aliphatic rings. The van der Waals surface area contributed by atoms with Gasteiger partial charge in [0.05, 0.1) is 12.0 Å². The van der Waals surface area contributed by atoms with Gasteiger partial charge in [-0.3, -0.25) is 4.79 Å². The maximum absolute atomic E-state index is 10.6. The second kappa shape index (κ2) is 4.42. The largest absolute Gasteiger partial charge is 0.481 e. The highest BCUT2D eigenvalue weighted by atomic mass is 16.5. The van der Waals surface area contributed by atoms with Crippen LogP contribution < -0.4 is 5.32 Å². The van der Waals surface area contributed by atoms with Crippen LogP contribution in [0.3, 0.4) is 0 Å². The standard InChI is InChI=1S/C8H15NO3/c1-9-5-7-4-6(8(10)11)2-3-12-7/h6-7,9H,2-5H2,1H3,(H,10,11). The van der Waals surface area contributed by atoms with Gasteiger partial charge in [0.25, 0.3) is 0 Å². The minimum atomic E-state index is -0.695. The smallest absolute Gasteiger partial charge is 0.306 e. The predicted molar refractivity (Wildman–Crippen MR) is 44.0 cm³/mol. The van der Waals surface area contributed by atoms with Gasteiger partial charge in [-0.25, -0.2) is 0 Å². The van der Waals surface area contributed by atoms with E-state index < -0.39 is 5.97 Å². The molecule has 1 fully saturated rings. The van der Waals surface area contributed by atoms with Crippen LogP contribution in [-0.4, -0.2) is 37.4 Å². The zero-order valence-corrected chi connectivity index (χ0v) is 7.25. The number of hydrogen-bond acceptors (Lipinski definition) is 3. The zero-order valence-electron chi connectivity index (χ0n) is 7.25. The van der Waals surface area contributed by atoms with Gasteiger partial charge in [0.1, 0.15) is 0 Å². The Morgan fingerprint density at radius 1 is 1.75 bits per heavy atom. The van der Waals surface area contributed by atoms with Gasteiger partial charge < -0.3 is 15.2 Å². The zero-order chi connectivity index (χ0) is 8.97. The number of ether oxygens (including phenoxy) is 1. The lowest BCUT2D eigenvalue weighted by molar-refractivity contribution is -0.146. The van der Waals surface area contributed by atoms with E-state index in [0.717, 1.165) is 6.54 Å². The molecular weight excluding hydrogens is 158 g/mol. The molecule has 1 saturated heterocycles. The van der Waals surface area contributed by atoms with Gasteiger partial charge in [-0.15, -0.1) is 0 Å². The molecule has 12 heavy (non-hydrogen) atoms. The fourth-order valence-electron chi connectivity index (χ4n) is 1.47. The van der Waals surface area contributed by atoms with Crippen molar-refractivity contribution in [3.8, 4) is 0 Å². The molecule has 0 aromatic carbocycles. The summed E-state index contributed by atoms with van der Waals surface area (Å²) in [6.45, 7) is 1.31. The van der Waals surface area contributed by atoms with E-state index in [2.05, 4.69) is 5.32 Å². The minimum absolute atomic E-state index is 0.0739. The Bertz CT molecular complexity index is 158. The molecule has 0 amide bonds. The van der Waals surface area contributed by atoms with Crippen LogP contribution in [0.4, 0.5) is 0 Å². The Labute approximate surface area is 71.9 Å². The van der Waals surface area contributed by atoms with E-state index in [-0.39, 0.29) is 12.0 Å². The molecule has 4 nitrogen and oxygen atoms in total. The topological polar surface area (TPSA) is 58.6 Å². The first-order valence-electron chi connectivity index (χ1n) is 4.23. The third kappa shape index (κ3) is 2.46. The Morgan fingerprint density at radius 3 is 3.08 bits per heavy atom. The molecule has 0 bridgehead atoms. The van der Waals surface area contributed by atoms with E-state index in [1.165, 1.54) is 0 Å². The number of likely N-dealkylation sites (N-methyl/N-ethyl adjacent to an activating group) is 1. The quantitative estimate of drug-likeness (QED) is 0.635. The van der Waals surface area contributed by atoms with Crippen molar-refractivity contribution < 1.29 is 14.6 Å². The van der Waals surface area contributed by atoms with Gasteiger partial charge in [-0.1, -0.05) is 0 Å². The van der Waals surface area contributed by atoms with Crippen LogP contribution in [0.2, 0.25) is 0 Å². The number of aliphatic carboxylic acids is 1. The van der Waals surface area contributed by atoms with Crippen molar-refractivity contribution in [3.05, 3.63) is 0 Å². The second-order valence-electron chi connectivity index (χ2n) is 3.11. The highest BCUT2D eigenvalue weighted by Gasteiger charge is 2.26. The van der Waals surface area contributed by atoms with Gasteiger partial charge in [0, 0.05) is 13.2 Å². The first-order chi connectivity index (χ1) is 5.74. The van der Waals surface area contributed by atoms with Crippen LogP contribution in [0, 0.1) is 5.92 Å². The summed E-state index contributed by atoms with van der Waals surface area (Å²) in [6.07, 6.45) is 1.36. The summed E-state index contributed by atoms with van der Waals surface area (Å²) < 4.78 is 5.37. The molecule has 0 aromatic rings. The van der Waals surface area contributed by atoms with Crippen molar-refractivity contribution in [1.29, 1.82) is 0 Å². The Morgan fingerprint density at radius 2 is 2.50 bits per heavy atom. The average Bonchev–Trinajstić information content (AvgIpc) is 2.05. The minimum Gasteiger partial charge on any atom is -0.481 e. The molecule has 4 heteroatoms. The van der Waals surface area contributed by atoms with Crippen molar-refractivity contribution in [2.75, 3.05) is 20.2 Å². The molecule has 1 heterocycles. The molecule has 0 spiro atoms. The van der Waals surface area contributed by atoms with Crippen LogP contribution in [0.25, 0.3) is 0 Å². The van der Waals surface area contributed by atoms with Crippen LogP contribution in [0.5, 0.6) is 0 Å². The number of carboxylic acid groups (broad SMARTS) is 1. The van der Waals surface area contributed by atoms with Gasteiger partial charge in [0.15, 0.2) is 0 Å². The van der Waals surface area contributed by atoms with Crippen LogP contribution >= 0.6 is 0 Å². The normalized spacial score (nSPS) is 30.1. The van der Waals surface area contributed by atoms with Gasteiger partial charge >= 0.3 is 5.97 Å². The number of hydrogen-bond donors (Lipinski definition) is 2. The highest BCUT2D eigenvalue weighted by molar-refractivity contribution is 5.70. The maximum Gasteiger partial charge on any atom is 0.306 e. The van der Waals surface area contributed by atoms with Crippen molar-refractivity contribution in [2.24, 2.45) is 5.92 Å². The predicted octanol–water partition coefficient (Wildman–Crippen LogP) is 0.0856. The molecule has 1 rings (SSSR count). The first kappa shape index (κ1) is 9.48. The van der Waals surface area contributed by atoms with Gasteiger partial charge in [-0.05, 0) is 19.9 Å². The molecular formula is C8H15NO3. The monoisotopic (exact) mass is 173 g/mol. The molecule has 0 aromatic heterocycles. The van der Waals surface area contributed by atoms with Crippen molar-refractivity contribution in [3.63, 3.8) is 0 Å². The fraction of sp³-hybridized carbons (Fsp3) is 0.875. The van der Waals surface area contributed by atoms with Gasteiger partial charge in [0.2, 0.25) is 0 Å². The summed E-state index contributed by atoms with van der Waals surface area (Å²) in [5.74, 6) is -0.906. The lowest BCUT2D eigenvalue weighted by Crippen LogP contribution is -2.36. The van der Waals surface area contributed by atoms with Gasteiger partial charge in [-0.2, -0.15) is 0 Å². The number of carboxylic acids is 1. The molecule has 0 aliphatic carbocycles. The average molecular weight is 173 g/mol. The van der Waals surface area contributed by atoms with Crippen LogP contribution in [0.1, 0.15) is 12.8 Å². The molecule has 1 aliphatic heterocycles. The first-order valence-corrected chi connectivity index (χ1v) is 4.23. The summed E-state index contributed by atoms with van der Waals surface area (Å²) in [4.78, 5) is 10.6. The van der Waals surface area contributed by atoms with E-state index in [1.807, 2.05) is 7.05 Å². The van der Waals surface area contributed by atoms with E-state index in [4.69, 9.17) is 9.84 Å². The molecule has 2 N–H and O–H groups in total. The summed E-state index contributed by atoms with van der Waals surface area (Å²) in [7, 11) is 1.84. The Hall–Kier alpha value is -0.610. The lowest BCUT2D eigenvalue weighted by Gasteiger charge is -2.26. The lowest BCUT2D eigenvalue weighted by atomic mass is 9.96. The maximum atomic E-state index is 10.6. The van der Waals surface area contributed by atoms with E-state index in [1.54, 1.807) is 0 Å².